The first kappa shape index (κ1) is 25.5. The lowest BCUT2D eigenvalue weighted by Crippen LogP contribution is -2.26. The van der Waals surface area contributed by atoms with Gasteiger partial charge in [0, 0.05) is 36.4 Å². The molecule has 2 aliphatic rings. The molecule has 2 aromatic rings. The van der Waals surface area contributed by atoms with Gasteiger partial charge < -0.3 is 0 Å². The van der Waals surface area contributed by atoms with Crippen molar-refractivity contribution in [2.75, 3.05) is 14.1 Å². The number of hydrogen-bond donors (Lipinski definition) is 0. The second kappa shape index (κ2) is 11.2. The van der Waals surface area contributed by atoms with Crippen LogP contribution < -0.4 is 0 Å². The van der Waals surface area contributed by atoms with E-state index in [0.29, 0.717) is 22.3 Å². The van der Waals surface area contributed by atoms with Gasteiger partial charge in [-0.05, 0) is 45.2 Å². The van der Waals surface area contributed by atoms with Crippen molar-refractivity contribution in [1.29, 1.82) is 0 Å². The largest absolute Gasteiger partial charge is 0.278 e. The quantitative estimate of drug-likeness (QED) is 0.656. The zero-order valence-electron chi connectivity index (χ0n) is 20.0. The number of nitrogens with zero attached hydrogens (tertiary/aromatic N) is 2. The molecule has 0 saturated heterocycles. The van der Waals surface area contributed by atoms with Crippen LogP contribution in [0.2, 0.25) is 0 Å². The van der Waals surface area contributed by atoms with Gasteiger partial charge >= 0.3 is 0 Å². The molecular formula is C27H30N2O4. The van der Waals surface area contributed by atoms with Gasteiger partial charge in [-0.1, -0.05) is 60.7 Å². The number of rotatable bonds is 2. The monoisotopic (exact) mass is 446 g/mol. The standard InChI is InChI=1S/C13H12.2C7H9NO2/c1-3-7-12(8-4-1)11-13-9-5-2-6-10-13;2*1-4-5(2)7(10)8(3)6(4)9/h1-10H,11H2;2*1-3H3. The van der Waals surface area contributed by atoms with Crippen LogP contribution in [0.1, 0.15) is 38.8 Å². The van der Waals surface area contributed by atoms with Gasteiger partial charge in [-0.25, -0.2) is 0 Å². The number of imide groups is 2. The van der Waals surface area contributed by atoms with E-state index in [-0.39, 0.29) is 23.6 Å². The highest BCUT2D eigenvalue weighted by molar-refractivity contribution is 6.19. The predicted molar refractivity (Wildman–Crippen MR) is 128 cm³/mol. The molecule has 0 bridgehead atoms. The second-order valence-electron chi connectivity index (χ2n) is 7.99. The molecule has 4 amide bonds. The normalized spacial score (nSPS) is 15.6. The molecule has 4 rings (SSSR count). The summed E-state index contributed by atoms with van der Waals surface area (Å²) in [4.78, 5) is 46.2. The molecule has 0 radical (unpaired) electrons. The first-order valence-electron chi connectivity index (χ1n) is 10.6. The number of amides is 4. The van der Waals surface area contributed by atoms with Crippen LogP contribution in [-0.4, -0.2) is 47.5 Å². The van der Waals surface area contributed by atoms with Crippen molar-refractivity contribution in [2.24, 2.45) is 0 Å². The van der Waals surface area contributed by atoms with Crippen molar-refractivity contribution in [1.82, 2.24) is 9.80 Å². The van der Waals surface area contributed by atoms with Crippen molar-refractivity contribution >= 4 is 23.6 Å². The molecule has 2 aromatic carbocycles. The Morgan fingerprint density at radius 1 is 0.485 bits per heavy atom. The minimum absolute atomic E-state index is 0.178. The minimum Gasteiger partial charge on any atom is -0.278 e. The summed E-state index contributed by atoms with van der Waals surface area (Å²) in [6.07, 6.45) is 1.03. The van der Waals surface area contributed by atoms with Crippen molar-refractivity contribution < 1.29 is 19.2 Å². The third-order valence-corrected chi connectivity index (χ3v) is 5.72. The van der Waals surface area contributed by atoms with E-state index in [0.717, 1.165) is 16.2 Å². The summed E-state index contributed by atoms with van der Waals surface area (Å²) in [5, 5.41) is 0. The molecule has 6 heteroatoms. The predicted octanol–water partition coefficient (Wildman–Crippen LogP) is 3.92. The van der Waals surface area contributed by atoms with Crippen molar-refractivity contribution in [2.45, 2.75) is 34.1 Å². The van der Waals surface area contributed by atoms with Crippen LogP contribution >= 0.6 is 0 Å². The van der Waals surface area contributed by atoms with E-state index in [1.807, 2.05) is 0 Å². The Hall–Kier alpha value is -3.80. The zero-order chi connectivity index (χ0) is 24.7. The molecule has 2 heterocycles. The minimum atomic E-state index is -0.178. The van der Waals surface area contributed by atoms with Crippen molar-refractivity contribution in [3.63, 3.8) is 0 Å². The molecule has 33 heavy (non-hydrogen) atoms. The molecule has 0 unspecified atom stereocenters. The molecule has 2 aliphatic heterocycles. The molecule has 0 aromatic heterocycles. The highest BCUT2D eigenvalue weighted by atomic mass is 16.2. The molecule has 0 fully saturated rings. The maximum atomic E-state index is 11.0. The highest BCUT2D eigenvalue weighted by Crippen LogP contribution is 2.17. The van der Waals surface area contributed by atoms with E-state index in [1.165, 1.54) is 25.2 Å². The van der Waals surface area contributed by atoms with Crippen LogP contribution in [0.4, 0.5) is 0 Å². The van der Waals surface area contributed by atoms with E-state index in [9.17, 15) is 19.2 Å². The third-order valence-electron chi connectivity index (χ3n) is 5.72. The van der Waals surface area contributed by atoms with Crippen LogP contribution in [0.3, 0.4) is 0 Å². The van der Waals surface area contributed by atoms with E-state index in [4.69, 9.17) is 0 Å². The molecule has 0 atom stereocenters. The smallest absolute Gasteiger partial charge is 0.256 e. The van der Waals surface area contributed by atoms with Crippen molar-refractivity contribution in [3.05, 3.63) is 94.1 Å². The number of likely N-dealkylation sites (N-methyl/N-ethyl adjacent to an activating group) is 2. The summed E-state index contributed by atoms with van der Waals surface area (Å²) in [6.45, 7) is 6.66. The van der Waals surface area contributed by atoms with Gasteiger partial charge in [-0.2, -0.15) is 0 Å². The Morgan fingerprint density at radius 2 is 0.727 bits per heavy atom. The van der Waals surface area contributed by atoms with E-state index < -0.39 is 0 Å². The molecule has 0 N–H and O–H groups in total. The Balaban J connectivity index is 0.000000178. The van der Waals surface area contributed by atoms with Gasteiger partial charge in [0.15, 0.2) is 0 Å². The molecule has 0 saturated carbocycles. The Bertz CT molecular complexity index is 978. The Kier molecular flexibility index (Phi) is 8.63. The summed E-state index contributed by atoms with van der Waals surface area (Å²) >= 11 is 0. The van der Waals surface area contributed by atoms with Crippen LogP contribution in [0.5, 0.6) is 0 Å². The summed E-state index contributed by atoms with van der Waals surface area (Å²) in [6, 6.07) is 21.1. The van der Waals surface area contributed by atoms with Crippen LogP contribution in [-0.2, 0) is 25.6 Å². The van der Waals surface area contributed by atoms with Gasteiger partial charge in [0.2, 0.25) is 0 Å². The molecule has 6 nitrogen and oxygen atoms in total. The second-order valence-corrected chi connectivity index (χ2v) is 7.99. The number of benzene rings is 2. The lowest BCUT2D eigenvalue weighted by molar-refractivity contribution is -0.137. The van der Waals surface area contributed by atoms with Gasteiger partial charge in [-0.3, -0.25) is 29.0 Å². The first-order chi connectivity index (χ1) is 15.6. The van der Waals surface area contributed by atoms with Crippen molar-refractivity contribution in [3.8, 4) is 0 Å². The van der Waals surface area contributed by atoms with Gasteiger partial charge in [0.1, 0.15) is 0 Å². The third kappa shape index (κ3) is 6.13. The first-order valence-corrected chi connectivity index (χ1v) is 10.6. The van der Waals surface area contributed by atoms with Gasteiger partial charge in [0.05, 0.1) is 0 Å². The van der Waals surface area contributed by atoms with E-state index in [1.54, 1.807) is 27.7 Å². The maximum absolute atomic E-state index is 11.0. The Labute approximate surface area is 195 Å². The molecule has 0 aliphatic carbocycles. The Morgan fingerprint density at radius 3 is 0.909 bits per heavy atom. The summed E-state index contributed by atoms with van der Waals surface area (Å²) in [5.74, 6) is -0.713. The maximum Gasteiger partial charge on any atom is 0.256 e. The van der Waals surface area contributed by atoms with Crippen LogP contribution in [0.15, 0.2) is 83.0 Å². The number of carbonyl (C=O) groups is 4. The van der Waals surface area contributed by atoms with E-state index in [2.05, 4.69) is 60.7 Å². The lowest BCUT2D eigenvalue weighted by Gasteiger charge is -2.04. The number of hydrogen-bond acceptors (Lipinski definition) is 4. The summed E-state index contributed by atoms with van der Waals surface area (Å²) in [7, 11) is 2.98. The molecule has 0 spiro atoms. The topological polar surface area (TPSA) is 74.8 Å². The molecule has 172 valence electrons. The SMILES string of the molecule is CC1=C(C)C(=O)N(C)C1=O.CC1=C(C)C(=O)N(C)C1=O.c1ccc(Cc2ccccc2)cc1. The summed E-state index contributed by atoms with van der Waals surface area (Å²) < 4.78 is 0. The fraction of sp³-hybridized carbons (Fsp3) is 0.259. The van der Waals surface area contributed by atoms with Crippen LogP contribution in [0, 0.1) is 0 Å². The molecular weight excluding hydrogens is 416 g/mol. The van der Waals surface area contributed by atoms with Gasteiger partial charge in [-0.15, -0.1) is 0 Å². The number of carbonyl (C=O) groups excluding carboxylic acids is 4. The average molecular weight is 447 g/mol. The van der Waals surface area contributed by atoms with E-state index >= 15 is 0 Å². The average Bonchev–Trinajstić information content (AvgIpc) is 3.11. The van der Waals surface area contributed by atoms with Gasteiger partial charge in [0.25, 0.3) is 23.6 Å². The van der Waals surface area contributed by atoms with Crippen LogP contribution in [0.25, 0.3) is 0 Å². The lowest BCUT2D eigenvalue weighted by atomic mass is 10.1. The fourth-order valence-corrected chi connectivity index (χ4v) is 3.26. The zero-order valence-corrected chi connectivity index (χ0v) is 20.0. The fourth-order valence-electron chi connectivity index (χ4n) is 3.26. The summed E-state index contributed by atoms with van der Waals surface area (Å²) in [5.41, 5.74) is 4.99. The highest BCUT2D eigenvalue weighted by Gasteiger charge is 2.30.